The lowest BCUT2D eigenvalue weighted by Crippen LogP contribution is -2.58. The number of piperidine rings is 1. The van der Waals surface area contributed by atoms with Crippen LogP contribution in [0.4, 0.5) is 13.6 Å². The maximum atomic E-state index is 14.9. The van der Waals surface area contributed by atoms with Crippen molar-refractivity contribution < 1.29 is 18.7 Å². The zero-order valence-electron chi connectivity index (χ0n) is 18.5. The molecule has 1 saturated heterocycles. The van der Waals surface area contributed by atoms with Crippen LogP contribution in [-0.4, -0.2) is 61.4 Å². The summed E-state index contributed by atoms with van der Waals surface area (Å²) in [6.07, 6.45) is 3.43. The molecule has 0 spiro atoms. The quantitative estimate of drug-likeness (QED) is 0.515. The van der Waals surface area contributed by atoms with Gasteiger partial charge in [-0.25, -0.2) is 13.6 Å². The zero-order chi connectivity index (χ0) is 23.7. The number of carboxylic acid groups (broad SMARTS) is 1. The number of halogens is 2. The lowest BCUT2D eigenvalue weighted by molar-refractivity contribution is 0.0320. The summed E-state index contributed by atoms with van der Waals surface area (Å²) in [7, 11) is 0. The molecule has 1 amide bonds. The first-order valence-electron chi connectivity index (χ1n) is 11.3. The number of hydrogen-bond donors (Lipinski definition) is 3. The summed E-state index contributed by atoms with van der Waals surface area (Å²) in [5.41, 5.74) is 3.23. The highest BCUT2D eigenvalue weighted by Crippen LogP contribution is 2.37. The molecule has 3 N–H and O–H groups in total. The molecule has 2 aliphatic heterocycles. The van der Waals surface area contributed by atoms with Crippen molar-refractivity contribution in [1.82, 2.24) is 30.3 Å². The average molecular weight is 469 g/mol. The number of fused-ring (bicyclic) bond motifs is 1. The Labute approximate surface area is 195 Å². The topological polar surface area (TPSA) is 97.4 Å². The normalized spacial score (nSPS) is 23.1. The summed E-state index contributed by atoms with van der Waals surface area (Å²) in [5, 5.41) is 19.3. The second kappa shape index (κ2) is 9.47. The number of aromatic nitrogens is 3. The van der Waals surface area contributed by atoms with Crippen LogP contribution in [0.15, 0.2) is 48.8 Å². The van der Waals surface area contributed by atoms with Crippen LogP contribution < -0.4 is 5.32 Å². The Morgan fingerprint density at radius 3 is 2.88 bits per heavy atom. The molecule has 3 atom stereocenters. The van der Waals surface area contributed by atoms with Crippen LogP contribution in [0, 0.1) is 11.6 Å². The number of nitrogens with zero attached hydrogens (tertiary/aromatic N) is 4. The van der Waals surface area contributed by atoms with Crippen molar-refractivity contribution in [2.45, 2.75) is 44.1 Å². The number of likely N-dealkylation sites (tertiary alicyclic amines) is 1. The van der Waals surface area contributed by atoms with Crippen molar-refractivity contribution in [1.29, 1.82) is 0 Å². The number of nitrogens with one attached hydrogen (secondary N) is 2. The van der Waals surface area contributed by atoms with Gasteiger partial charge in [-0.3, -0.25) is 19.9 Å². The van der Waals surface area contributed by atoms with Crippen LogP contribution >= 0.6 is 0 Å². The molecule has 34 heavy (non-hydrogen) atoms. The van der Waals surface area contributed by atoms with Gasteiger partial charge in [0.2, 0.25) is 0 Å². The molecule has 4 heterocycles. The lowest BCUT2D eigenvalue weighted by atomic mass is 9.86. The summed E-state index contributed by atoms with van der Waals surface area (Å²) >= 11 is 0. The van der Waals surface area contributed by atoms with Crippen LogP contribution in [-0.2, 0) is 19.5 Å². The number of amides is 1. The van der Waals surface area contributed by atoms with Crippen molar-refractivity contribution in [3.8, 4) is 0 Å². The number of rotatable bonds is 6. The molecule has 2 aliphatic rings. The van der Waals surface area contributed by atoms with Gasteiger partial charge in [0.05, 0.1) is 24.0 Å². The van der Waals surface area contributed by atoms with Crippen LogP contribution in [0.2, 0.25) is 0 Å². The van der Waals surface area contributed by atoms with E-state index in [9.17, 15) is 18.7 Å². The van der Waals surface area contributed by atoms with Crippen molar-refractivity contribution in [2.24, 2.45) is 0 Å². The van der Waals surface area contributed by atoms with Gasteiger partial charge in [0.1, 0.15) is 11.6 Å². The fourth-order valence-electron chi connectivity index (χ4n) is 5.23. The van der Waals surface area contributed by atoms with E-state index >= 15 is 0 Å². The van der Waals surface area contributed by atoms with E-state index in [2.05, 4.69) is 30.3 Å². The Bertz CT molecular complexity index is 1140. The van der Waals surface area contributed by atoms with Gasteiger partial charge in [-0.1, -0.05) is 6.07 Å². The summed E-state index contributed by atoms with van der Waals surface area (Å²) < 4.78 is 29.1. The van der Waals surface area contributed by atoms with Crippen LogP contribution in [0.25, 0.3) is 0 Å². The van der Waals surface area contributed by atoms with Gasteiger partial charge in [-0.15, -0.1) is 0 Å². The second-order valence-electron chi connectivity index (χ2n) is 8.90. The molecular weight excluding hydrogens is 442 g/mol. The van der Waals surface area contributed by atoms with E-state index in [0.717, 1.165) is 29.1 Å². The third-order valence-electron chi connectivity index (χ3n) is 6.77. The zero-order valence-corrected chi connectivity index (χ0v) is 18.5. The molecule has 8 nitrogen and oxygen atoms in total. The number of benzene rings is 1. The Hall–Kier alpha value is -3.37. The molecule has 0 unspecified atom stereocenters. The molecule has 5 rings (SSSR count). The maximum Gasteiger partial charge on any atom is 0.404 e. The van der Waals surface area contributed by atoms with Gasteiger partial charge in [-0.05, 0) is 36.8 Å². The first-order valence-corrected chi connectivity index (χ1v) is 11.3. The average Bonchev–Trinajstić information content (AvgIpc) is 3.42. The lowest BCUT2D eigenvalue weighted by Gasteiger charge is -2.47. The first-order chi connectivity index (χ1) is 16.5. The van der Waals surface area contributed by atoms with E-state index in [4.69, 9.17) is 0 Å². The minimum Gasteiger partial charge on any atom is -0.465 e. The van der Waals surface area contributed by atoms with Crippen molar-refractivity contribution in [3.05, 3.63) is 82.9 Å². The number of pyridine rings is 1. The summed E-state index contributed by atoms with van der Waals surface area (Å²) in [4.78, 5) is 20.4. The number of aromatic amines is 1. The van der Waals surface area contributed by atoms with Crippen LogP contribution in [0.1, 0.15) is 35.0 Å². The molecule has 10 heteroatoms. The van der Waals surface area contributed by atoms with E-state index in [0.29, 0.717) is 39.0 Å². The van der Waals surface area contributed by atoms with E-state index in [1.54, 1.807) is 6.20 Å². The monoisotopic (exact) mass is 468 g/mol. The van der Waals surface area contributed by atoms with Crippen molar-refractivity contribution in [3.63, 3.8) is 0 Å². The Morgan fingerprint density at radius 2 is 2.12 bits per heavy atom. The Morgan fingerprint density at radius 1 is 1.24 bits per heavy atom. The Kier molecular flexibility index (Phi) is 6.25. The Balaban J connectivity index is 1.46. The van der Waals surface area contributed by atoms with E-state index < -0.39 is 29.8 Å². The predicted octanol–water partition coefficient (Wildman–Crippen LogP) is 3.09. The minimum absolute atomic E-state index is 0.0225. The number of H-pyrrole nitrogens is 1. The van der Waals surface area contributed by atoms with E-state index in [1.807, 2.05) is 24.4 Å². The number of hydrogen-bond acceptors (Lipinski definition) is 5. The molecule has 1 fully saturated rings. The molecular formula is C24H26F2N6O2. The summed E-state index contributed by atoms with van der Waals surface area (Å²) in [6.45, 7) is 2.51. The van der Waals surface area contributed by atoms with Gasteiger partial charge < -0.3 is 10.4 Å². The SMILES string of the molecule is O=C(O)N[C@@H]1C[C@H](N2Cc3cn[nH]c3C2)CN(CCc2ccccn2)[C@@H]1c1cc(F)ccc1F. The standard InChI is InChI=1S/C24H26F2N6O2/c25-16-4-5-20(26)19(9-16)23-21(29-24(33)34)10-18(32-12-15-11-28-30-22(15)14-32)13-31(23)8-6-17-3-1-2-7-27-17/h1-5,7,9,11,18,21,23,29H,6,8,10,12-14H2,(H,28,30)(H,33,34)/t18-,21+,23+/m0/s1. The first kappa shape index (κ1) is 22.4. The highest BCUT2D eigenvalue weighted by Gasteiger charge is 2.42. The maximum absolute atomic E-state index is 14.9. The molecule has 178 valence electrons. The number of carbonyl (C=O) groups is 1. The highest BCUT2D eigenvalue weighted by atomic mass is 19.1. The fourth-order valence-corrected chi connectivity index (χ4v) is 5.23. The van der Waals surface area contributed by atoms with Crippen LogP contribution in [0.3, 0.4) is 0 Å². The smallest absolute Gasteiger partial charge is 0.404 e. The van der Waals surface area contributed by atoms with Gasteiger partial charge >= 0.3 is 6.09 Å². The van der Waals surface area contributed by atoms with Crippen LogP contribution in [0.5, 0.6) is 0 Å². The largest absolute Gasteiger partial charge is 0.465 e. The highest BCUT2D eigenvalue weighted by molar-refractivity contribution is 5.65. The molecule has 3 aromatic rings. The summed E-state index contributed by atoms with van der Waals surface area (Å²) in [5.74, 6) is -1.10. The van der Waals surface area contributed by atoms with E-state index in [1.165, 1.54) is 6.07 Å². The summed E-state index contributed by atoms with van der Waals surface area (Å²) in [6, 6.07) is 7.79. The fraction of sp³-hybridized carbons (Fsp3) is 0.375. The molecule has 0 saturated carbocycles. The third-order valence-corrected chi connectivity index (χ3v) is 6.77. The van der Waals surface area contributed by atoms with Crippen molar-refractivity contribution in [2.75, 3.05) is 13.1 Å². The molecule has 0 aliphatic carbocycles. The van der Waals surface area contributed by atoms with Gasteiger partial charge in [-0.2, -0.15) is 5.10 Å². The van der Waals surface area contributed by atoms with E-state index in [-0.39, 0.29) is 11.6 Å². The second-order valence-corrected chi connectivity index (χ2v) is 8.90. The third kappa shape index (κ3) is 4.64. The van der Waals surface area contributed by atoms with Gasteiger partial charge in [0.25, 0.3) is 0 Å². The van der Waals surface area contributed by atoms with Gasteiger partial charge in [0.15, 0.2) is 0 Å². The molecule has 2 aromatic heterocycles. The molecule has 1 aromatic carbocycles. The predicted molar refractivity (Wildman–Crippen MR) is 120 cm³/mol. The molecule has 0 bridgehead atoms. The minimum atomic E-state index is -1.19. The van der Waals surface area contributed by atoms with Gasteiger partial charge in [0, 0.05) is 61.7 Å². The van der Waals surface area contributed by atoms with Crippen molar-refractivity contribution >= 4 is 6.09 Å². The molecule has 0 radical (unpaired) electrons.